The highest BCUT2D eigenvalue weighted by Gasteiger charge is 2.53. The van der Waals surface area contributed by atoms with Gasteiger partial charge in [-0.05, 0) is 6.92 Å². The number of carboxylic acids is 1. The maximum Gasteiger partial charge on any atom is 0.278 e. The summed E-state index contributed by atoms with van der Waals surface area (Å²) in [5, 5.41) is 17.1. The second-order valence-corrected chi connectivity index (χ2v) is 9.84. The van der Waals surface area contributed by atoms with Crippen LogP contribution in [-0.2, 0) is 24.0 Å². The van der Waals surface area contributed by atoms with Gasteiger partial charge < -0.3 is 36.0 Å². The Bertz CT molecular complexity index is 1110. The third-order valence-electron chi connectivity index (χ3n) is 5.47. The molecule has 17 heteroatoms. The van der Waals surface area contributed by atoms with E-state index in [2.05, 4.69) is 24.7 Å². The lowest BCUT2D eigenvalue weighted by Gasteiger charge is -2.51. The van der Waals surface area contributed by atoms with Crippen LogP contribution in [0.3, 0.4) is 0 Å². The summed E-state index contributed by atoms with van der Waals surface area (Å²) in [5.74, 6) is -3.72. The number of likely N-dealkylation sites (N-methyl/N-ethyl adjacent to an activating group) is 1. The Morgan fingerprint density at radius 1 is 1.43 bits per heavy atom. The number of primary amides is 1. The van der Waals surface area contributed by atoms with Gasteiger partial charge >= 0.3 is 0 Å². The van der Waals surface area contributed by atoms with Gasteiger partial charge in [-0.3, -0.25) is 19.3 Å². The summed E-state index contributed by atoms with van der Waals surface area (Å²) in [6, 6.07) is -1.10. The van der Waals surface area contributed by atoms with E-state index < -0.39 is 47.7 Å². The molecule has 1 saturated heterocycles. The van der Waals surface area contributed by atoms with Crippen molar-refractivity contribution >= 4 is 57.8 Å². The number of carbonyl (C=O) groups is 4. The summed E-state index contributed by atoms with van der Waals surface area (Å²) in [5.41, 5.74) is 10.5. The summed E-state index contributed by atoms with van der Waals surface area (Å²) < 4.78 is 16.4. The molecule has 2 aliphatic heterocycles. The third kappa shape index (κ3) is 5.51. The molecule has 0 saturated carbocycles. The van der Waals surface area contributed by atoms with Gasteiger partial charge in [-0.15, -0.1) is 11.8 Å². The number of hydrogen-bond donors (Lipinski definition) is 3. The number of rotatable bonds is 11. The van der Waals surface area contributed by atoms with Crippen LogP contribution in [0.25, 0.3) is 0 Å². The summed E-state index contributed by atoms with van der Waals surface area (Å²) in [6.45, 7) is 1.15. The zero-order chi connectivity index (χ0) is 25.9. The van der Waals surface area contributed by atoms with Crippen LogP contribution in [0.4, 0.5) is 9.52 Å². The second-order valence-electron chi connectivity index (χ2n) is 7.95. The standard InChI is InChI=1S/C18H23FN8O6S2/c1-3-27(2,5-9(20)28)4-8-6-34-16-11(15(30)26(16)12(8)17(31)32)22-14(29)10(24-33-7-19)13-23-18(21)35-25-13/h11,16H,3-7H2,1-2H3,(H5-,20,21,22,23,25,28,29,31,32)/b24-10-/t11-,16-,27?/m1/s1. The zero-order valence-electron chi connectivity index (χ0n) is 18.7. The quantitative estimate of drug-likeness (QED) is 0.115. The molecule has 1 unspecified atom stereocenters. The molecule has 0 bridgehead atoms. The molecule has 3 heterocycles. The number of thioether (sulfide) groups is 1. The molecule has 3 amide bonds. The van der Waals surface area contributed by atoms with Crippen molar-refractivity contribution in [3.63, 3.8) is 0 Å². The van der Waals surface area contributed by atoms with Crippen molar-refractivity contribution in [2.45, 2.75) is 18.3 Å². The number of β-lactam (4-membered cyclic amide) rings is 1. The predicted octanol–water partition coefficient (Wildman–Crippen LogP) is -2.88. The topological polar surface area (TPSA) is 206 Å². The van der Waals surface area contributed by atoms with Gasteiger partial charge in [0, 0.05) is 22.9 Å². The van der Waals surface area contributed by atoms with Crippen LogP contribution in [0.1, 0.15) is 12.7 Å². The number of nitrogens with two attached hydrogens (primary N) is 2. The van der Waals surface area contributed by atoms with E-state index in [0.29, 0.717) is 12.1 Å². The molecule has 1 aromatic heterocycles. The van der Waals surface area contributed by atoms with E-state index in [9.17, 15) is 28.7 Å². The number of oxime groups is 1. The average molecular weight is 531 g/mol. The van der Waals surface area contributed by atoms with Gasteiger partial charge in [0.05, 0.1) is 25.3 Å². The number of aliphatic carboxylic acids is 1. The van der Waals surface area contributed by atoms with E-state index in [1.54, 1.807) is 7.05 Å². The first kappa shape index (κ1) is 26.3. The van der Waals surface area contributed by atoms with Gasteiger partial charge in [0.25, 0.3) is 24.6 Å². The van der Waals surface area contributed by atoms with Crippen LogP contribution in [0.2, 0.25) is 0 Å². The molecule has 2 aliphatic rings. The third-order valence-corrected chi connectivity index (χ3v) is 7.36. The molecule has 0 radical (unpaired) electrons. The molecule has 190 valence electrons. The van der Waals surface area contributed by atoms with E-state index in [-0.39, 0.29) is 40.0 Å². The Morgan fingerprint density at radius 2 is 2.14 bits per heavy atom. The van der Waals surface area contributed by atoms with Crippen molar-refractivity contribution in [2.75, 3.05) is 45.0 Å². The van der Waals surface area contributed by atoms with Crippen LogP contribution in [-0.4, -0.2) is 98.9 Å². The number of fused-ring (bicyclic) bond motifs is 1. The molecule has 0 aromatic carbocycles. The summed E-state index contributed by atoms with van der Waals surface area (Å²) >= 11 is 2.00. The molecule has 5 N–H and O–H groups in total. The summed E-state index contributed by atoms with van der Waals surface area (Å²) in [7, 11) is 1.75. The minimum absolute atomic E-state index is 0.0146. The normalized spacial score (nSPS) is 21.6. The fraction of sp³-hybridized carbons (Fsp3) is 0.500. The van der Waals surface area contributed by atoms with E-state index in [0.717, 1.165) is 16.4 Å². The van der Waals surface area contributed by atoms with Gasteiger partial charge in [-0.1, -0.05) is 5.16 Å². The number of carboxylic acid groups (broad SMARTS) is 1. The number of quaternary nitrogens is 1. The first-order valence-electron chi connectivity index (χ1n) is 10.2. The molecule has 35 heavy (non-hydrogen) atoms. The number of anilines is 1. The number of nitrogen functional groups attached to an aromatic ring is 1. The van der Waals surface area contributed by atoms with Gasteiger partial charge in [0.15, 0.2) is 11.7 Å². The Labute approximate surface area is 206 Å². The van der Waals surface area contributed by atoms with E-state index in [1.165, 1.54) is 11.8 Å². The average Bonchev–Trinajstić information content (AvgIpc) is 3.22. The first-order chi connectivity index (χ1) is 16.5. The molecule has 1 aromatic rings. The van der Waals surface area contributed by atoms with Crippen LogP contribution in [0, 0.1) is 0 Å². The molecular formula is C18H23FN8O6S2. The fourth-order valence-electron chi connectivity index (χ4n) is 3.72. The van der Waals surface area contributed by atoms with Gasteiger partial charge in [0.1, 0.15) is 18.0 Å². The molecular weight excluding hydrogens is 507 g/mol. The number of alkyl halides is 1. The molecule has 1 fully saturated rings. The Hall–Kier alpha value is -3.31. The number of amides is 3. The minimum Gasteiger partial charge on any atom is -0.543 e. The second kappa shape index (κ2) is 10.5. The maximum absolute atomic E-state index is 12.9. The molecule has 0 spiro atoms. The zero-order valence-corrected chi connectivity index (χ0v) is 20.4. The number of hydrogen-bond acceptors (Lipinski definition) is 12. The number of nitrogens with zero attached hydrogens (tertiary/aromatic N) is 5. The van der Waals surface area contributed by atoms with Crippen molar-refractivity contribution < 1.29 is 38.0 Å². The van der Waals surface area contributed by atoms with Crippen molar-refractivity contribution in [1.29, 1.82) is 0 Å². The van der Waals surface area contributed by atoms with Crippen LogP contribution < -0.4 is 21.9 Å². The van der Waals surface area contributed by atoms with E-state index >= 15 is 0 Å². The molecule has 0 aliphatic carbocycles. The van der Waals surface area contributed by atoms with Gasteiger partial charge in [-0.25, -0.2) is 4.39 Å². The van der Waals surface area contributed by atoms with Crippen LogP contribution >= 0.6 is 23.3 Å². The molecule has 3 rings (SSSR count). The van der Waals surface area contributed by atoms with Crippen LogP contribution in [0.15, 0.2) is 16.4 Å². The van der Waals surface area contributed by atoms with Crippen molar-refractivity contribution in [1.82, 2.24) is 19.6 Å². The lowest BCUT2D eigenvalue weighted by atomic mass is 10.0. The Balaban J connectivity index is 1.81. The summed E-state index contributed by atoms with van der Waals surface area (Å²) in [4.78, 5) is 58.3. The monoisotopic (exact) mass is 530 g/mol. The Kier molecular flexibility index (Phi) is 7.91. The SMILES string of the molecule is CC[N+](C)(CC(N)=O)CC1=C(C(=O)[O-])N2C(=O)[C@@H](NC(=O)/C(=N\OCF)c3nsc(N)n3)[C@H]2SC1. The van der Waals surface area contributed by atoms with Gasteiger partial charge in [0.2, 0.25) is 11.5 Å². The Morgan fingerprint density at radius 3 is 2.69 bits per heavy atom. The van der Waals surface area contributed by atoms with Gasteiger partial charge in [-0.2, -0.15) is 9.36 Å². The maximum atomic E-state index is 12.9. The van der Waals surface area contributed by atoms with Crippen LogP contribution in [0.5, 0.6) is 0 Å². The summed E-state index contributed by atoms with van der Waals surface area (Å²) in [6.07, 6.45) is 0. The highest BCUT2D eigenvalue weighted by molar-refractivity contribution is 8.00. The number of nitrogens with one attached hydrogen (secondary N) is 1. The fourth-order valence-corrected chi connectivity index (χ4v) is 5.49. The smallest absolute Gasteiger partial charge is 0.278 e. The van der Waals surface area contributed by atoms with E-state index in [1.807, 2.05) is 6.92 Å². The molecule has 3 atom stereocenters. The lowest BCUT2D eigenvalue weighted by Crippen LogP contribution is -2.72. The molecule has 14 nitrogen and oxygen atoms in total. The highest BCUT2D eigenvalue weighted by Crippen LogP contribution is 2.40. The predicted molar refractivity (Wildman–Crippen MR) is 121 cm³/mol. The largest absolute Gasteiger partial charge is 0.543 e. The lowest BCUT2D eigenvalue weighted by molar-refractivity contribution is -0.895. The number of carbonyl (C=O) groups excluding carboxylic acids is 4. The van der Waals surface area contributed by atoms with Crippen molar-refractivity contribution in [2.24, 2.45) is 10.9 Å². The van der Waals surface area contributed by atoms with E-state index in [4.69, 9.17) is 11.5 Å². The highest BCUT2D eigenvalue weighted by atomic mass is 32.2. The van der Waals surface area contributed by atoms with Crippen molar-refractivity contribution in [3.05, 3.63) is 17.1 Å². The minimum atomic E-state index is -1.55. The van der Waals surface area contributed by atoms with Crippen molar-refractivity contribution in [3.8, 4) is 0 Å². The number of aromatic nitrogens is 2. The first-order valence-corrected chi connectivity index (χ1v) is 12.0. The number of halogens is 1.